The van der Waals surface area contributed by atoms with Crippen molar-refractivity contribution in [2.75, 3.05) is 39.1 Å². The Balaban J connectivity index is 2.16. The van der Waals surface area contributed by atoms with E-state index in [0.29, 0.717) is 24.6 Å². The standard InChI is InChI=1S/C19H25N3O4S/c1-4-26-18-11-6-5-10-17(18)21-19(23)15-8-7-9-16(14-15)27(24,25)20-12-13-22(2)3/h5-11,14,20H,4,12-13H2,1-3H3,(H,21,23). The number of nitrogens with zero attached hydrogens (tertiary/aromatic N) is 1. The van der Waals surface area contributed by atoms with E-state index in [0.717, 1.165) is 0 Å². The fourth-order valence-corrected chi connectivity index (χ4v) is 3.40. The van der Waals surface area contributed by atoms with Crippen molar-refractivity contribution in [2.45, 2.75) is 11.8 Å². The summed E-state index contributed by atoms with van der Waals surface area (Å²) in [6.07, 6.45) is 0. The Kier molecular flexibility index (Phi) is 7.35. The quantitative estimate of drug-likeness (QED) is 0.684. The van der Waals surface area contributed by atoms with Crippen molar-refractivity contribution >= 4 is 21.6 Å². The van der Waals surface area contributed by atoms with Crippen molar-refractivity contribution in [1.82, 2.24) is 9.62 Å². The lowest BCUT2D eigenvalue weighted by Crippen LogP contribution is -2.31. The van der Waals surface area contributed by atoms with Crippen molar-refractivity contribution in [3.8, 4) is 5.75 Å². The molecular weight excluding hydrogens is 366 g/mol. The zero-order valence-electron chi connectivity index (χ0n) is 15.7. The van der Waals surface area contributed by atoms with Crippen LogP contribution < -0.4 is 14.8 Å². The van der Waals surface area contributed by atoms with Gasteiger partial charge in [-0.3, -0.25) is 4.79 Å². The first-order chi connectivity index (χ1) is 12.8. The van der Waals surface area contributed by atoms with Gasteiger partial charge in [-0.15, -0.1) is 0 Å². The van der Waals surface area contributed by atoms with Crippen LogP contribution in [0, 0.1) is 0 Å². The third-order valence-electron chi connectivity index (χ3n) is 3.69. The third-order valence-corrected chi connectivity index (χ3v) is 5.15. The highest BCUT2D eigenvalue weighted by atomic mass is 32.2. The molecule has 0 fully saturated rings. The molecule has 0 unspecified atom stereocenters. The number of amides is 1. The van der Waals surface area contributed by atoms with Crippen molar-refractivity contribution in [3.05, 3.63) is 54.1 Å². The number of para-hydroxylation sites is 2. The normalized spacial score (nSPS) is 11.4. The van der Waals surface area contributed by atoms with Crippen LogP contribution in [-0.4, -0.2) is 53.0 Å². The molecular formula is C19H25N3O4S. The molecule has 0 spiro atoms. The molecule has 2 N–H and O–H groups in total. The predicted octanol–water partition coefficient (Wildman–Crippen LogP) is 2.18. The molecule has 7 nitrogen and oxygen atoms in total. The highest BCUT2D eigenvalue weighted by molar-refractivity contribution is 7.89. The van der Waals surface area contributed by atoms with Crippen molar-refractivity contribution in [2.24, 2.45) is 0 Å². The third kappa shape index (κ3) is 6.06. The minimum absolute atomic E-state index is 0.0481. The second-order valence-corrected chi connectivity index (χ2v) is 7.88. The van der Waals surface area contributed by atoms with Crippen LogP contribution in [0.15, 0.2) is 53.4 Å². The van der Waals surface area contributed by atoms with Crippen LogP contribution in [0.4, 0.5) is 5.69 Å². The summed E-state index contributed by atoms with van der Waals surface area (Å²) in [6.45, 7) is 3.19. The van der Waals surface area contributed by atoms with E-state index in [1.54, 1.807) is 30.3 Å². The maximum Gasteiger partial charge on any atom is 0.255 e. The molecule has 0 bridgehead atoms. The molecule has 2 rings (SSSR count). The van der Waals surface area contributed by atoms with Crippen LogP contribution in [0.3, 0.4) is 0 Å². The van der Waals surface area contributed by atoms with Crippen molar-refractivity contribution in [3.63, 3.8) is 0 Å². The molecule has 0 radical (unpaired) electrons. The van der Waals surface area contributed by atoms with Gasteiger partial charge in [0.05, 0.1) is 17.2 Å². The number of carbonyl (C=O) groups is 1. The minimum atomic E-state index is -3.68. The van der Waals surface area contributed by atoms with E-state index in [4.69, 9.17) is 4.74 Å². The lowest BCUT2D eigenvalue weighted by molar-refractivity contribution is 0.102. The number of ether oxygens (including phenoxy) is 1. The molecule has 2 aromatic carbocycles. The van der Waals surface area contributed by atoms with Gasteiger partial charge in [-0.1, -0.05) is 18.2 Å². The highest BCUT2D eigenvalue weighted by Gasteiger charge is 2.16. The van der Waals surface area contributed by atoms with Crippen LogP contribution >= 0.6 is 0 Å². The van der Waals surface area contributed by atoms with E-state index in [1.165, 1.54) is 12.1 Å². The van der Waals surface area contributed by atoms with Crippen LogP contribution in [-0.2, 0) is 10.0 Å². The molecule has 27 heavy (non-hydrogen) atoms. The number of sulfonamides is 1. The number of likely N-dealkylation sites (N-methyl/N-ethyl adjacent to an activating group) is 1. The summed E-state index contributed by atoms with van der Waals surface area (Å²) in [5.41, 5.74) is 0.776. The van der Waals surface area contributed by atoms with Crippen LogP contribution in [0.25, 0.3) is 0 Å². The second kappa shape index (κ2) is 9.50. The van der Waals surface area contributed by atoms with Crippen molar-refractivity contribution < 1.29 is 17.9 Å². The van der Waals surface area contributed by atoms with Gasteiger partial charge in [0, 0.05) is 18.7 Å². The lowest BCUT2D eigenvalue weighted by atomic mass is 10.2. The van der Waals surface area contributed by atoms with Gasteiger partial charge in [0.1, 0.15) is 5.75 Å². The highest BCUT2D eigenvalue weighted by Crippen LogP contribution is 2.24. The maximum atomic E-state index is 12.6. The molecule has 146 valence electrons. The average Bonchev–Trinajstić information content (AvgIpc) is 2.63. The SMILES string of the molecule is CCOc1ccccc1NC(=O)c1cccc(S(=O)(=O)NCCN(C)C)c1. The molecule has 0 aliphatic rings. The molecule has 0 aliphatic heterocycles. The van der Waals surface area contributed by atoms with Crippen LogP contribution in [0.5, 0.6) is 5.75 Å². The van der Waals surface area contributed by atoms with E-state index in [9.17, 15) is 13.2 Å². The van der Waals surface area contributed by atoms with Gasteiger partial charge in [0.15, 0.2) is 0 Å². The van der Waals surface area contributed by atoms with Gasteiger partial charge in [-0.05, 0) is 51.4 Å². The van der Waals surface area contributed by atoms with E-state index in [2.05, 4.69) is 10.0 Å². The Morgan fingerprint density at radius 2 is 1.85 bits per heavy atom. The fourth-order valence-electron chi connectivity index (χ4n) is 2.34. The fraction of sp³-hybridized carbons (Fsp3) is 0.316. The molecule has 0 saturated carbocycles. The van der Waals surface area contributed by atoms with Gasteiger partial charge in [0.2, 0.25) is 10.0 Å². The van der Waals surface area contributed by atoms with Gasteiger partial charge in [0.25, 0.3) is 5.91 Å². The molecule has 8 heteroatoms. The first-order valence-corrected chi connectivity index (χ1v) is 10.1. The van der Waals surface area contributed by atoms with Crippen molar-refractivity contribution in [1.29, 1.82) is 0 Å². The Morgan fingerprint density at radius 1 is 1.11 bits per heavy atom. The largest absolute Gasteiger partial charge is 0.492 e. The van der Waals surface area contributed by atoms with Gasteiger partial charge in [-0.2, -0.15) is 0 Å². The molecule has 0 atom stereocenters. The first-order valence-electron chi connectivity index (χ1n) is 8.61. The summed E-state index contributed by atoms with van der Waals surface area (Å²) in [7, 11) is 0.0380. The van der Waals surface area contributed by atoms with E-state index in [-0.39, 0.29) is 17.0 Å². The zero-order valence-corrected chi connectivity index (χ0v) is 16.5. The Bertz CT molecular complexity index is 882. The summed E-state index contributed by atoms with van der Waals surface area (Å²) in [6, 6.07) is 13.0. The Hall–Kier alpha value is -2.42. The summed E-state index contributed by atoms with van der Waals surface area (Å²) >= 11 is 0. The number of nitrogens with one attached hydrogen (secondary N) is 2. The molecule has 0 heterocycles. The minimum Gasteiger partial charge on any atom is -0.492 e. The van der Waals surface area contributed by atoms with E-state index < -0.39 is 15.9 Å². The van der Waals surface area contributed by atoms with E-state index in [1.807, 2.05) is 32.0 Å². The molecule has 0 aliphatic carbocycles. The lowest BCUT2D eigenvalue weighted by Gasteiger charge is -2.13. The number of carbonyl (C=O) groups excluding carboxylic acids is 1. The van der Waals surface area contributed by atoms with Crippen LogP contribution in [0.2, 0.25) is 0 Å². The number of rotatable bonds is 9. The zero-order chi connectivity index (χ0) is 19.9. The van der Waals surface area contributed by atoms with Gasteiger partial charge in [-0.25, -0.2) is 13.1 Å². The number of hydrogen-bond donors (Lipinski definition) is 2. The predicted molar refractivity (Wildman–Crippen MR) is 106 cm³/mol. The summed E-state index contributed by atoms with van der Waals surface area (Å²) in [5, 5.41) is 2.76. The first kappa shape index (κ1) is 20.9. The monoisotopic (exact) mass is 391 g/mol. The number of hydrogen-bond acceptors (Lipinski definition) is 5. The summed E-state index contributed by atoms with van der Waals surface area (Å²) in [4.78, 5) is 14.5. The summed E-state index contributed by atoms with van der Waals surface area (Å²) < 4.78 is 32.8. The molecule has 0 saturated heterocycles. The second-order valence-electron chi connectivity index (χ2n) is 6.11. The number of anilines is 1. The van der Waals surface area contributed by atoms with Gasteiger partial charge < -0.3 is 15.0 Å². The molecule has 0 aromatic heterocycles. The average molecular weight is 391 g/mol. The van der Waals surface area contributed by atoms with E-state index >= 15 is 0 Å². The summed E-state index contributed by atoms with van der Waals surface area (Å²) in [5.74, 6) is 0.148. The molecule has 1 amide bonds. The molecule has 2 aromatic rings. The number of benzene rings is 2. The Morgan fingerprint density at radius 3 is 2.56 bits per heavy atom. The smallest absolute Gasteiger partial charge is 0.255 e. The van der Waals surface area contributed by atoms with Crippen LogP contribution in [0.1, 0.15) is 17.3 Å². The maximum absolute atomic E-state index is 12.6. The Labute approximate surface area is 160 Å². The topological polar surface area (TPSA) is 87.7 Å². The van der Waals surface area contributed by atoms with Gasteiger partial charge >= 0.3 is 0 Å².